The molecule has 2 heterocycles. The number of aryl methyl sites for hydroxylation is 1. The number of fused-ring (bicyclic) bond motifs is 2. The fourth-order valence-corrected chi connectivity index (χ4v) is 4.20. The molecule has 0 aliphatic carbocycles. The minimum absolute atomic E-state index is 0.175. The van der Waals surface area contributed by atoms with Gasteiger partial charge in [0, 0.05) is 11.1 Å². The standard InChI is InChI=1S/C26H25NO4/c1-19-12-13-23-22(16-19)26(30-14-7-15-31-26)25(28)27(23)17-21-10-5-6-11-24(21)29-18-20-8-3-2-4-9-20/h2-6,8-13,16H,7,14-15,17-18H2,1H3. The van der Waals surface area contributed by atoms with Crippen molar-refractivity contribution in [2.75, 3.05) is 18.1 Å². The third-order valence-electron chi connectivity index (χ3n) is 5.76. The summed E-state index contributed by atoms with van der Waals surface area (Å²) >= 11 is 0. The van der Waals surface area contributed by atoms with Crippen molar-refractivity contribution < 1.29 is 19.0 Å². The van der Waals surface area contributed by atoms with E-state index in [2.05, 4.69) is 0 Å². The molecule has 0 radical (unpaired) electrons. The molecule has 5 nitrogen and oxygen atoms in total. The van der Waals surface area contributed by atoms with E-state index < -0.39 is 5.79 Å². The first kappa shape index (κ1) is 19.8. The average molecular weight is 415 g/mol. The van der Waals surface area contributed by atoms with E-state index in [-0.39, 0.29) is 5.91 Å². The molecule has 5 heteroatoms. The fourth-order valence-electron chi connectivity index (χ4n) is 4.20. The van der Waals surface area contributed by atoms with Gasteiger partial charge in [0.1, 0.15) is 12.4 Å². The molecule has 1 fully saturated rings. The Bertz CT molecular complexity index is 1090. The van der Waals surface area contributed by atoms with Gasteiger partial charge in [-0.1, -0.05) is 60.2 Å². The van der Waals surface area contributed by atoms with Gasteiger partial charge in [-0.15, -0.1) is 0 Å². The van der Waals surface area contributed by atoms with E-state index in [9.17, 15) is 4.79 Å². The van der Waals surface area contributed by atoms with E-state index in [0.717, 1.165) is 40.1 Å². The SMILES string of the molecule is Cc1ccc2c(c1)C1(OCCCO1)C(=O)N2Cc1ccccc1OCc1ccccc1. The molecule has 2 aliphatic heterocycles. The lowest BCUT2D eigenvalue weighted by Gasteiger charge is -2.32. The molecular formula is C26H25NO4. The van der Waals surface area contributed by atoms with Gasteiger partial charge in [-0.25, -0.2) is 0 Å². The van der Waals surface area contributed by atoms with Crippen LogP contribution in [0.4, 0.5) is 5.69 Å². The molecule has 0 unspecified atom stereocenters. The summed E-state index contributed by atoms with van der Waals surface area (Å²) in [6.07, 6.45) is 0.784. The number of nitrogens with zero attached hydrogens (tertiary/aromatic N) is 1. The lowest BCUT2D eigenvalue weighted by atomic mass is 10.0. The molecule has 31 heavy (non-hydrogen) atoms. The molecule has 158 valence electrons. The summed E-state index contributed by atoms with van der Waals surface area (Å²) in [5.41, 5.74) is 4.72. The van der Waals surface area contributed by atoms with E-state index >= 15 is 0 Å². The van der Waals surface area contributed by atoms with Crippen molar-refractivity contribution in [2.24, 2.45) is 0 Å². The Morgan fingerprint density at radius 3 is 2.52 bits per heavy atom. The van der Waals surface area contributed by atoms with Crippen LogP contribution in [0.25, 0.3) is 0 Å². The minimum atomic E-state index is -1.33. The molecule has 1 amide bonds. The maximum atomic E-state index is 13.6. The Labute approximate surface area is 182 Å². The van der Waals surface area contributed by atoms with Crippen molar-refractivity contribution in [3.8, 4) is 5.75 Å². The van der Waals surface area contributed by atoms with Crippen LogP contribution in [0.1, 0.15) is 28.7 Å². The number of rotatable bonds is 5. The summed E-state index contributed by atoms with van der Waals surface area (Å²) in [5.74, 6) is -0.746. The maximum Gasteiger partial charge on any atom is 0.292 e. The van der Waals surface area contributed by atoms with E-state index in [4.69, 9.17) is 14.2 Å². The van der Waals surface area contributed by atoms with Gasteiger partial charge in [-0.2, -0.15) is 0 Å². The van der Waals surface area contributed by atoms with Gasteiger partial charge in [-0.05, 0) is 37.1 Å². The van der Waals surface area contributed by atoms with E-state index in [1.165, 1.54) is 0 Å². The Hall–Kier alpha value is -3.15. The molecule has 1 spiro atoms. The van der Waals surface area contributed by atoms with Crippen LogP contribution < -0.4 is 9.64 Å². The molecule has 3 aromatic rings. The first-order valence-corrected chi connectivity index (χ1v) is 10.6. The molecule has 5 rings (SSSR count). The van der Waals surface area contributed by atoms with Gasteiger partial charge in [0.05, 0.1) is 25.4 Å². The molecule has 0 bridgehead atoms. The number of carbonyl (C=O) groups excluding carboxylic acids is 1. The second-order valence-corrected chi connectivity index (χ2v) is 7.96. The predicted molar refractivity (Wildman–Crippen MR) is 118 cm³/mol. The summed E-state index contributed by atoms with van der Waals surface area (Å²) in [4.78, 5) is 15.3. The third kappa shape index (κ3) is 3.60. The number of ether oxygens (including phenoxy) is 3. The molecule has 0 N–H and O–H groups in total. The van der Waals surface area contributed by atoms with Crippen molar-refractivity contribution in [3.63, 3.8) is 0 Å². The van der Waals surface area contributed by atoms with Crippen LogP contribution in [0.2, 0.25) is 0 Å². The molecule has 2 aliphatic rings. The Morgan fingerprint density at radius 1 is 0.968 bits per heavy atom. The molecule has 0 aromatic heterocycles. The third-order valence-corrected chi connectivity index (χ3v) is 5.76. The van der Waals surface area contributed by atoms with Crippen LogP contribution in [0, 0.1) is 6.92 Å². The predicted octanol–water partition coefficient (Wildman–Crippen LogP) is 4.71. The topological polar surface area (TPSA) is 48.0 Å². The molecule has 1 saturated heterocycles. The number of para-hydroxylation sites is 1. The van der Waals surface area contributed by atoms with Crippen LogP contribution in [0.15, 0.2) is 72.8 Å². The van der Waals surface area contributed by atoms with Gasteiger partial charge < -0.3 is 19.1 Å². The zero-order valence-corrected chi connectivity index (χ0v) is 17.5. The normalized spacial score (nSPS) is 17.1. The van der Waals surface area contributed by atoms with Crippen molar-refractivity contribution >= 4 is 11.6 Å². The summed E-state index contributed by atoms with van der Waals surface area (Å²) < 4.78 is 18.1. The number of amides is 1. The highest BCUT2D eigenvalue weighted by Gasteiger charge is 2.54. The highest BCUT2D eigenvalue weighted by molar-refractivity contribution is 6.06. The maximum absolute atomic E-state index is 13.6. The highest BCUT2D eigenvalue weighted by atomic mass is 16.7. The lowest BCUT2D eigenvalue weighted by Crippen LogP contribution is -2.47. The number of hydrogen-bond acceptors (Lipinski definition) is 4. The van der Waals surface area contributed by atoms with E-state index in [1.807, 2.05) is 79.7 Å². The van der Waals surface area contributed by atoms with Gasteiger partial charge in [0.15, 0.2) is 0 Å². The van der Waals surface area contributed by atoms with E-state index in [1.54, 1.807) is 4.90 Å². The zero-order valence-electron chi connectivity index (χ0n) is 17.5. The number of anilines is 1. The molecule has 0 saturated carbocycles. The van der Waals surface area contributed by atoms with Gasteiger partial charge in [0.25, 0.3) is 11.7 Å². The van der Waals surface area contributed by atoms with Crippen molar-refractivity contribution in [3.05, 3.63) is 95.1 Å². The largest absolute Gasteiger partial charge is 0.489 e. The first-order valence-electron chi connectivity index (χ1n) is 10.6. The van der Waals surface area contributed by atoms with E-state index in [0.29, 0.717) is 26.4 Å². The molecule has 3 aromatic carbocycles. The summed E-state index contributed by atoms with van der Waals surface area (Å²) in [6, 6.07) is 23.9. The number of benzene rings is 3. The van der Waals surface area contributed by atoms with Crippen LogP contribution in [0.3, 0.4) is 0 Å². The van der Waals surface area contributed by atoms with Crippen LogP contribution >= 0.6 is 0 Å². The number of hydrogen-bond donors (Lipinski definition) is 0. The fraction of sp³-hybridized carbons (Fsp3) is 0.269. The van der Waals surface area contributed by atoms with Gasteiger partial charge in [-0.3, -0.25) is 4.79 Å². The summed E-state index contributed by atoms with van der Waals surface area (Å²) in [6.45, 7) is 3.87. The second kappa shape index (κ2) is 8.17. The summed E-state index contributed by atoms with van der Waals surface area (Å²) in [5, 5.41) is 0. The average Bonchev–Trinajstić information content (AvgIpc) is 3.02. The van der Waals surface area contributed by atoms with Crippen LogP contribution in [0.5, 0.6) is 5.75 Å². The Balaban J connectivity index is 1.45. The minimum Gasteiger partial charge on any atom is -0.489 e. The first-order chi connectivity index (χ1) is 15.2. The van der Waals surface area contributed by atoms with Gasteiger partial charge in [0.2, 0.25) is 0 Å². The van der Waals surface area contributed by atoms with Gasteiger partial charge >= 0.3 is 0 Å². The zero-order chi connectivity index (χ0) is 21.3. The van der Waals surface area contributed by atoms with Crippen LogP contribution in [-0.4, -0.2) is 19.1 Å². The number of carbonyl (C=O) groups is 1. The monoisotopic (exact) mass is 415 g/mol. The molecule has 0 atom stereocenters. The Morgan fingerprint density at radius 2 is 1.71 bits per heavy atom. The Kier molecular flexibility index (Phi) is 5.22. The quantitative estimate of drug-likeness (QED) is 0.606. The summed E-state index contributed by atoms with van der Waals surface area (Å²) in [7, 11) is 0. The van der Waals surface area contributed by atoms with Crippen molar-refractivity contribution in [1.82, 2.24) is 0 Å². The highest BCUT2D eigenvalue weighted by Crippen LogP contribution is 2.46. The van der Waals surface area contributed by atoms with Crippen molar-refractivity contribution in [2.45, 2.75) is 32.3 Å². The van der Waals surface area contributed by atoms with Crippen molar-refractivity contribution in [1.29, 1.82) is 0 Å². The lowest BCUT2D eigenvalue weighted by molar-refractivity contribution is -0.256. The second-order valence-electron chi connectivity index (χ2n) is 7.96. The molecular weight excluding hydrogens is 390 g/mol. The van der Waals surface area contributed by atoms with Crippen LogP contribution in [-0.2, 0) is 33.2 Å². The smallest absolute Gasteiger partial charge is 0.292 e.